The maximum atomic E-state index is 6.19. The second-order valence-corrected chi connectivity index (χ2v) is 5.67. The molecule has 1 aromatic carbocycles. The molecule has 2 aromatic rings. The normalized spacial score (nSPS) is 10.8. The van der Waals surface area contributed by atoms with Crippen molar-refractivity contribution in [1.29, 1.82) is 0 Å². The van der Waals surface area contributed by atoms with Crippen molar-refractivity contribution in [2.24, 2.45) is 0 Å². The lowest BCUT2D eigenvalue weighted by molar-refractivity contribution is 0.242. The van der Waals surface area contributed by atoms with Gasteiger partial charge in [0.05, 0.1) is 23.0 Å². The number of hydrogen-bond acceptors (Lipinski definition) is 4. The molecular formula is C13H13ClIN3O. The van der Waals surface area contributed by atoms with E-state index in [0.717, 1.165) is 11.3 Å². The van der Waals surface area contributed by atoms with Crippen LogP contribution >= 0.6 is 34.2 Å². The molecule has 0 aliphatic carbocycles. The molecular weight excluding hydrogens is 377 g/mol. The van der Waals surface area contributed by atoms with Gasteiger partial charge in [-0.25, -0.2) is 9.97 Å². The van der Waals surface area contributed by atoms with E-state index < -0.39 is 0 Å². The van der Waals surface area contributed by atoms with Crippen LogP contribution in [0.1, 0.15) is 13.8 Å². The van der Waals surface area contributed by atoms with Gasteiger partial charge in [0, 0.05) is 5.56 Å². The standard InChI is InChI=1S/C13H13ClIN3O/c1-7(2)19-11-4-3-8(5-9(11)14)10-6-17-13(16)12(15)18-10/h3-7H,1-2H3,(H2,16,17). The zero-order chi connectivity index (χ0) is 14.0. The molecule has 0 saturated carbocycles. The third-order valence-corrected chi connectivity index (χ3v) is 3.44. The minimum atomic E-state index is 0.0839. The summed E-state index contributed by atoms with van der Waals surface area (Å²) in [4.78, 5) is 8.46. The molecule has 0 aliphatic heterocycles. The summed E-state index contributed by atoms with van der Waals surface area (Å²) >= 11 is 8.25. The van der Waals surface area contributed by atoms with E-state index in [2.05, 4.69) is 32.6 Å². The van der Waals surface area contributed by atoms with Crippen molar-refractivity contribution >= 4 is 40.0 Å². The molecule has 2 rings (SSSR count). The minimum absolute atomic E-state index is 0.0839. The highest BCUT2D eigenvalue weighted by molar-refractivity contribution is 14.1. The monoisotopic (exact) mass is 389 g/mol. The van der Waals surface area contributed by atoms with Crippen molar-refractivity contribution in [3.63, 3.8) is 0 Å². The maximum Gasteiger partial charge on any atom is 0.155 e. The lowest BCUT2D eigenvalue weighted by Crippen LogP contribution is -2.05. The molecule has 1 heterocycles. The second-order valence-electron chi connectivity index (χ2n) is 4.24. The van der Waals surface area contributed by atoms with Crippen LogP contribution in [0.5, 0.6) is 5.75 Å². The predicted octanol–water partition coefficient (Wildman–Crippen LogP) is 3.77. The lowest BCUT2D eigenvalue weighted by atomic mass is 10.1. The van der Waals surface area contributed by atoms with Gasteiger partial charge in [-0.05, 0) is 54.6 Å². The molecule has 2 N–H and O–H groups in total. The van der Waals surface area contributed by atoms with Crippen molar-refractivity contribution < 1.29 is 4.74 Å². The van der Waals surface area contributed by atoms with E-state index in [0.29, 0.717) is 20.3 Å². The van der Waals surface area contributed by atoms with Crippen LogP contribution in [0.15, 0.2) is 24.4 Å². The molecule has 1 aromatic heterocycles. The molecule has 4 nitrogen and oxygen atoms in total. The summed E-state index contributed by atoms with van der Waals surface area (Å²) in [5.41, 5.74) is 7.26. The Morgan fingerprint density at radius 1 is 1.37 bits per heavy atom. The lowest BCUT2D eigenvalue weighted by Gasteiger charge is -2.12. The first kappa shape index (κ1) is 14.3. The van der Waals surface area contributed by atoms with Crippen molar-refractivity contribution in [3.05, 3.63) is 33.1 Å². The van der Waals surface area contributed by atoms with Crippen molar-refractivity contribution in [3.8, 4) is 17.0 Å². The topological polar surface area (TPSA) is 61.0 Å². The van der Waals surface area contributed by atoms with E-state index >= 15 is 0 Å². The Labute approximate surface area is 130 Å². The van der Waals surface area contributed by atoms with Crippen LogP contribution in [0, 0.1) is 3.70 Å². The smallest absolute Gasteiger partial charge is 0.155 e. The molecule has 0 amide bonds. The van der Waals surface area contributed by atoms with Gasteiger partial charge in [0.25, 0.3) is 0 Å². The first-order chi connectivity index (χ1) is 8.97. The molecule has 0 atom stereocenters. The van der Waals surface area contributed by atoms with Crippen LogP contribution in [0.25, 0.3) is 11.3 Å². The molecule has 0 spiro atoms. The first-order valence-corrected chi connectivity index (χ1v) is 7.17. The van der Waals surface area contributed by atoms with Crippen LogP contribution in [0.4, 0.5) is 5.82 Å². The molecule has 0 saturated heterocycles. The van der Waals surface area contributed by atoms with E-state index in [1.807, 2.05) is 32.0 Å². The van der Waals surface area contributed by atoms with Gasteiger partial charge in [0.2, 0.25) is 0 Å². The average molecular weight is 390 g/mol. The molecule has 0 radical (unpaired) electrons. The largest absolute Gasteiger partial charge is 0.489 e. The van der Waals surface area contributed by atoms with Gasteiger partial charge < -0.3 is 10.5 Å². The quantitative estimate of drug-likeness (QED) is 0.812. The number of rotatable bonds is 3. The van der Waals surface area contributed by atoms with Crippen LogP contribution in [-0.2, 0) is 0 Å². The number of nitrogen functional groups attached to an aromatic ring is 1. The first-order valence-electron chi connectivity index (χ1n) is 5.72. The predicted molar refractivity (Wildman–Crippen MR) is 85.4 cm³/mol. The average Bonchev–Trinajstić information content (AvgIpc) is 2.35. The maximum absolute atomic E-state index is 6.19. The molecule has 6 heteroatoms. The molecule has 0 bridgehead atoms. The molecule has 0 fully saturated rings. The fraction of sp³-hybridized carbons (Fsp3) is 0.231. The van der Waals surface area contributed by atoms with Gasteiger partial charge >= 0.3 is 0 Å². The van der Waals surface area contributed by atoms with Crippen molar-refractivity contribution in [2.45, 2.75) is 20.0 Å². The Morgan fingerprint density at radius 2 is 2.11 bits per heavy atom. The Bertz CT molecular complexity index is 604. The number of ether oxygens (including phenoxy) is 1. The van der Waals surface area contributed by atoms with Crippen molar-refractivity contribution in [2.75, 3.05) is 5.73 Å². The summed E-state index contributed by atoms with van der Waals surface area (Å²) in [6, 6.07) is 5.55. The van der Waals surface area contributed by atoms with Gasteiger partial charge in [-0.2, -0.15) is 0 Å². The fourth-order valence-electron chi connectivity index (χ4n) is 1.52. The summed E-state index contributed by atoms with van der Waals surface area (Å²) in [6.45, 7) is 3.91. The van der Waals surface area contributed by atoms with Gasteiger partial charge in [0.1, 0.15) is 9.45 Å². The number of benzene rings is 1. The van der Waals surface area contributed by atoms with Gasteiger partial charge in [-0.3, -0.25) is 0 Å². The third kappa shape index (κ3) is 3.48. The highest BCUT2D eigenvalue weighted by atomic mass is 127. The van der Waals surface area contributed by atoms with E-state index in [-0.39, 0.29) is 6.10 Å². The van der Waals surface area contributed by atoms with Gasteiger partial charge in [-0.15, -0.1) is 0 Å². The minimum Gasteiger partial charge on any atom is -0.489 e. The van der Waals surface area contributed by atoms with Crippen molar-refractivity contribution in [1.82, 2.24) is 9.97 Å². The van der Waals surface area contributed by atoms with Crippen LogP contribution < -0.4 is 10.5 Å². The number of aromatic nitrogens is 2. The van der Waals surface area contributed by atoms with Crippen LogP contribution in [0.3, 0.4) is 0 Å². The van der Waals surface area contributed by atoms with Crippen LogP contribution in [0.2, 0.25) is 5.02 Å². The highest BCUT2D eigenvalue weighted by Crippen LogP contribution is 2.30. The summed E-state index contributed by atoms with van der Waals surface area (Å²) in [5, 5.41) is 0.555. The Morgan fingerprint density at radius 3 is 2.68 bits per heavy atom. The Kier molecular flexibility index (Phi) is 4.46. The SMILES string of the molecule is CC(C)Oc1ccc(-c2cnc(N)c(I)n2)cc1Cl. The Balaban J connectivity index is 2.36. The van der Waals surface area contributed by atoms with E-state index in [4.69, 9.17) is 22.1 Å². The third-order valence-electron chi connectivity index (χ3n) is 2.35. The van der Waals surface area contributed by atoms with E-state index in [1.165, 1.54) is 0 Å². The zero-order valence-corrected chi connectivity index (χ0v) is 13.4. The number of nitrogens with two attached hydrogens (primary N) is 1. The second kappa shape index (κ2) is 5.92. The number of nitrogens with zero attached hydrogens (tertiary/aromatic N) is 2. The number of hydrogen-bond donors (Lipinski definition) is 1. The van der Waals surface area contributed by atoms with Gasteiger partial charge in [0.15, 0.2) is 5.82 Å². The molecule has 0 unspecified atom stereocenters. The zero-order valence-electron chi connectivity index (χ0n) is 10.5. The fourth-order valence-corrected chi connectivity index (χ4v) is 2.15. The summed E-state index contributed by atoms with van der Waals surface area (Å²) in [7, 11) is 0. The van der Waals surface area contributed by atoms with E-state index in [1.54, 1.807) is 6.20 Å². The Hall–Kier alpha value is -1.08. The highest BCUT2D eigenvalue weighted by Gasteiger charge is 2.09. The summed E-state index contributed by atoms with van der Waals surface area (Å²) in [6.07, 6.45) is 1.71. The van der Waals surface area contributed by atoms with Gasteiger partial charge in [-0.1, -0.05) is 11.6 Å². The summed E-state index contributed by atoms with van der Waals surface area (Å²) in [5.74, 6) is 1.09. The molecule has 100 valence electrons. The molecule has 19 heavy (non-hydrogen) atoms. The van der Waals surface area contributed by atoms with Crippen LogP contribution in [-0.4, -0.2) is 16.1 Å². The number of anilines is 1. The summed E-state index contributed by atoms with van der Waals surface area (Å²) < 4.78 is 6.26. The number of halogens is 2. The van der Waals surface area contributed by atoms with E-state index in [9.17, 15) is 0 Å². The molecule has 0 aliphatic rings.